The number of likely N-dealkylation sites (tertiary alicyclic amines) is 1. The Hall–Kier alpha value is -0.610. The molecule has 3 unspecified atom stereocenters. The molecule has 0 aromatic rings. The van der Waals surface area contributed by atoms with Crippen LogP contribution in [-0.2, 0) is 4.79 Å². The van der Waals surface area contributed by atoms with E-state index < -0.39 is 0 Å². The van der Waals surface area contributed by atoms with E-state index in [-0.39, 0.29) is 12.0 Å². The lowest BCUT2D eigenvalue weighted by Gasteiger charge is -2.25. The maximum absolute atomic E-state index is 12.3. The molecule has 0 aromatic carbocycles. The minimum Gasteiger partial charge on any atom is -0.393 e. The van der Waals surface area contributed by atoms with Crippen molar-refractivity contribution >= 4 is 5.91 Å². The van der Waals surface area contributed by atoms with Gasteiger partial charge in [0.2, 0.25) is 5.91 Å². The molecule has 0 bridgehead atoms. The summed E-state index contributed by atoms with van der Waals surface area (Å²) in [5.41, 5.74) is 0. The average Bonchev–Trinajstić information content (AvgIpc) is 2.91. The number of carbonyl (C=O) groups is 1. The minimum absolute atomic E-state index is 0.132. The van der Waals surface area contributed by atoms with E-state index in [1.54, 1.807) is 0 Å². The van der Waals surface area contributed by atoms with Gasteiger partial charge in [0.1, 0.15) is 0 Å². The zero-order valence-corrected chi connectivity index (χ0v) is 12.3. The Kier molecular flexibility index (Phi) is 5.22. The van der Waals surface area contributed by atoms with Crippen molar-refractivity contribution in [2.45, 2.75) is 45.6 Å². The van der Waals surface area contributed by atoms with Crippen molar-refractivity contribution in [3.63, 3.8) is 0 Å². The van der Waals surface area contributed by atoms with Gasteiger partial charge >= 0.3 is 0 Å². The first kappa shape index (κ1) is 14.8. The third kappa shape index (κ3) is 3.48. The maximum atomic E-state index is 12.3. The largest absolute Gasteiger partial charge is 0.393 e. The highest BCUT2D eigenvalue weighted by Crippen LogP contribution is 2.37. The standard InChI is InChI=1S/C15H28N2O2/c1-3-7-17(8-4-2)15(19)11-16-9-12-5-6-14(18)13(12)10-16/h12-14,18H,3-11H2,1-2H3. The van der Waals surface area contributed by atoms with Gasteiger partial charge in [-0.1, -0.05) is 13.8 Å². The summed E-state index contributed by atoms with van der Waals surface area (Å²) in [6.45, 7) is 8.42. The summed E-state index contributed by atoms with van der Waals surface area (Å²) in [5, 5.41) is 9.91. The second kappa shape index (κ2) is 6.71. The number of hydrogen-bond acceptors (Lipinski definition) is 3. The number of amides is 1. The van der Waals surface area contributed by atoms with Crippen LogP contribution in [0.5, 0.6) is 0 Å². The Morgan fingerprint density at radius 2 is 1.89 bits per heavy atom. The van der Waals surface area contributed by atoms with E-state index in [0.29, 0.717) is 18.4 Å². The predicted octanol–water partition coefficient (Wildman–Crippen LogP) is 1.34. The first-order valence-corrected chi connectivity index (χ1v) is 7.83. The summed E-state index contributed by atoms with van der Waals surface area (Å²) in [6, 6.07) is 0. The molecule has 0 spiro atoms. The van der Waals surface area contributed by atoms with Crippen molar-refractivity contribution in [3.05, 3.63) is 0 Å². The van der Waals surface area contributed by atoms with Gasteiger partial charge in [0.05, 0.1) is 12.6 Å². The van der Waals surface area contributed by atoms with Crippen molar-refractivity contribution in [2.24, 2.45) is 11.8 Å². The molecule has 1 amide bonds. The summed E-state index contributed by atoms with van der Waals surface area (Å²) in [4.78, 5) is 16.5. The number of aliphatic hydroxyl groups is 1. The zero-order valence-electron chi connectivity index (χ0n) is 12.3. The first-order valence-electron chi connectivity index (χ1n) is 7.83. The Labute approximate surface area is 116 Å². The van der Waals surface area contributed by atoms with Gasteiger partial charge in [0, 0.05) is 32.1 Å². The quantitative estimate of drug-likeness (QED) is 0.790. The highest BCUT2D eigenvalue weighted by molar-refractivity contribution is 5.78. The van der Waals surface area contributed by atoms with Crippen LogP contribution >= 0.6 is 0 Å². The van der Waals surface area contributed by atoms with Crippen LogP contribution in [0.3, 0.4) is 0 Å². The Bertz CT molecular complexity index is 303. The molecule has 1 aliphatic carbocycles. The molecule has 0 aromatic heterocycles. The van der Waals surface area contributed by atoms with E-state index in [0.717, 1.165) is 51.9 Å². The Balaban J connectivity index is 1.82. The number of carbonyl (C=O) groups excluding carboxylic acids is 1. The predicted molar refractivity (Wildman–Crippen MR) is 75.8 cm³/mol. The van der Waals surface area contributed by atoms with Crippen molar-refractivity contribution in [1.29, 1.82) is 0 Å². The van der Waals surface area contributed by atoms with E-state index >= 15 is 0 Å². The third-order valence-electron chi connectivity index (χ3n) is 4.59. The molecule has 4 heteroatoms. The highest BCUT2D eigenvalue weighted by atomic mass is 16.3. The normalized spacial score (nSPS) is 30.6. The van der Waals surface area contributed by atoms with E-state index in [1.165, 1.54) is 0 Å². The number of nitrogens with zero attached hydrogens (tertiary/aromatic N) is 2. The smallest absolute Gasteiger partial charge is 0.236 e. The molecule has 2 fully saturated rings. The molecular weight excluding hydrogens is 240 g/mol. The molecule has 1 N–H and O–H groups in total. The molecule has 2 rings (SSSR count). The van der Waals surface area contributed by atoms with E-state index in [2.05, 4.69) is 18.7 Å². The van der Waals surface area contributed by atoms with Gasteiger partial charge in [-0.25, -0.2) is 0 Å². The van der Waals surface area contributed by atoms with Crippen molar-refractivity contribution in [3.8, 4) is 0 Å². The van der Waals surface area contributed by atoms with Crippen molar-refractivity contribution in [2.75, 3.05) is 32.7 Å². The second-order valence-electron chi connectivity index (χ2n) is 6.14. The minimum atomic E-state index is -0.132. The fourth-order valence-electron chi connectivity index (χ4n) is 3.65. The third-order valence-corrected chi connectivity index (χ3v) is 4.59. The van der Waals surface area contributed by atoms with Crippen molar-refractivity contribution < 1.29 is 9.90 Å². The fourth-order valence-corrected chi connectivity index (χ4v) is 3.65. The summed E-state index contributed by atoms with van der Waals surface area (Å²) < 4.78 is 0. The molecule has 2 aliphatic rings. The van der Waals surface area contributed by atoms with Crippen LogP contribution in [0.2, 0.25) is 0 Å². The molecule has 1 aliphatic heterocycles. The Morgan fingerprint density at radius 1 is 1.21 bits per heavy atom. The van der Waals surface area contributed by atoms with Crippen LogP contribution in [0.1, 0.15) is 39.5 Å². The van der Waals surface area contributed by atoms with Gasteiger partial charge in [-0.2, -0.15) is 0 Å². The Morgan fingerprint density at radius 3 is 2.47 bits per heavy atom. The lowest BCUT2D eigenvalue weighted by molar-refractivity contribution is -0.132. The van der Waals surface area contributed by atoms with Gasteiger partial charge in [0.25, 0.3) is 0 Å². The fraction of sp³-hybridized carbons (Fsp3) is 0.933. The molecule has 110 valence electrons. The van der Waals surface area contributed by atoms with Crippen LogP contribution < -0.4 is 0 Å². The van der Waals surface area contributed by atoms with E-state index in [4.69, 9.17) is 0 Å². The van der Waals surface area contributed by atoms with Gasteiger partial charge < -0.3 is 10.0 Å². The van der Waals surface area contributed by atoms with Crippen LogP contribution in [-0.4, -0.2) is 59.6 Å². The summed E-state index contributed by atoms with van der Waals surface area (Å²) in [5.74, 6) is 1.30. The van der Waals surface area contributed by atoms with E-state index in [1.807, 2.05) is 4.90 Å². The monoisotopic (exact) mass is 268 g/mol. The van der Waals surface area contributed by atoms with E-state index in [9.17, 15) is 9.90 Å². The number of rotatable bonds is 6. The molecule has 4 nitrogen and oxygen atoms in total. The number of fused-ring (bicyclic) bond motifs is 1. The summed E-state index contributed by atoms with van der Waals surface area (Å²) in [6.07, 6.45) is 4.00. The molecule has 1 saturated heterocycles. The number of aliphatic hydroxyl groups excluding tert-OH is 1. The average molecular weight is 268 g/mol. The summed E-state index contributed by atoms with van der Waals surface area (Å²) in [7, 11) is 0. The lowest BCUT2D eigenvalue weighted by atomic mass is 10.00. The van der Waals surface area contributed by atoms with Crippen LogP contribution in [0.4, 0.5) is 0 Å². The van der Waals surface area contributed by atoms with Crippen LogP contribution in [0.25, 0.3) is 0 Å². The summed E-state index contributed by atoms with van der Waals surface area (Å²) >= 11 is 0. The van der Waals surface area contributed by atoms with Gasteiger partial charge in [0.15, 0.2) is 0 Å². The maximum Gasteiger partial charge on any atom is 0.236 e. The molecule has 1 heterocycles. The van der Waals surface area contributed by atoms with Crippen LogP contribution in [0.15, 0.2) is 0 Å². The van der Waals surface area contributed by atoms with Gasteiger partial charge in [-0.05, 0) is 31.6 Å². The zero-order chi connectivity index (χ0) is 13.8. The first-order chi connectivity index (χ1) is 9.15. The van der Waals surface area contributed by atoms with Gasteiger partial charge in [-0.3, -0.25) is 9.69 Å². The van der Waals surface area contributed by atoms with Gasteiger partial charge in [-0.15, -0.1) is 0 Å². The number of hydrogen-bond donors (Lipinski definition) is 1. The molecule has 1 saturated carbocycles. The molecule has 3 atom stereocenters. The molecule has 0 radical (unpaired) electrons. The highest BCUT2D eigenvalue weighted by Gasteiger charge is 2.42. The topological polar surface area (TPSA) is 43.8 Å². The lowest BCUT2D eigenvalue weighted by Crippen LogP contribution is -2.41. The molecule has 19 heavy (non-hydrogen) atoms. The SMILES string of the molecule is CCCN(CCC)C(=O)CN1CC2CCC(O)C2C1. The molecular formula is C15H28N2O2. The van der Waals surface area contributed by atoms with Crippen molar-refractivity contribution in [1.82, 2.24) is 9.80 Å². The van der Waals surface area contributed by atoms with Crippen LogP contribution in [0, 0.1) is 11.8 Å². The second-order valence-corrected chi connectivity index (χ2v) is 6.14.